The van der Waals surface area contributed by atoms with Gasteiger partial charge in [0.05, 0.1) is 24.2 Å². The SMILES string of the molecule is O=C1CC(C2CC3C(=O)OC(=O)C3c3cc(OCOc4ccc(-c5ccc(/C=C/C(=O)c6ccccc6)cc5)cc4)ccc32)C(=O)O1. The molecular weight excluding hydrogens is 600 g/mol. The molecule has 7 rings (SSSR count). The Morgan fingerprint density at radius 3 is 2.04 bits per heavy atom. The van der Waals surface area contributed by atoms with Crippen LogP contribution in [0, 0.1) is 11.8 Å². The molecule has 2 aliphatic heterocycles. The van der Waals surface area contributed by atoms with Crippen molar-refractivity contribution in [3.63, 3.8) is 0 Å². The summed E-state index contributed by atoms with van der Waals surface area (Å²) in [5.41, 5.74) is 4.78. The van der Waals surface area contributed by atoms with Gasteiger partial charge in [-0.05, 0) is 70.5 Å². The summed E-state index contributed by atoms with van der Waals surface area (Å²) >= 11 is 0. The van der Waals surface area contributed by atoms with Crippen LogP contribution in [0.25, 0.3) is 17.2 Å². The Balaban J connectivity index is 0.988. The molecule has 0 spiro atoms. The highest BCUT2D eigenvalue weighted by Crippen LogP contribution is 2.51. The van der Waals surface area contributed by atoms with E-state index in [0.29, 0.717) is 28.2 Å². The van der Waals surface area contributed by atoms with Crippen molar-refractivity contribution in [2.45, 2.75) is 24.7 Å². The number of ether oxygens (including phenoxy) is 4. The number of allylic oxidation sites excluding steroid dienone is 1. The molecule has 234 valence electrons. The average Bonchev–Trinajstić information content (AvgIpc) is 3.59. The highest BCUT2D eigenvalue weighted by atomic mass is 16.7. The molecule has 3 aliphatic rings. The smallest absolute Gasteiger partial charge is 0.321 e. The molecule has 1 aliphatic carbocycles. The van der Waals surface area contributed by atoms with Gasteiger partial charge in [0.1, 0.15) is 11.5 Å². The molecule has 4 aromatic rings. The number of carbonyl (C=O) groups is 5. The third-order valence-electron chi connectivity index (χ3n) is 8.89. The number of benzene rings is 4. The van der Waals surface area contributed by atoms with Gasteiger partial charge in [-0.1, -0.05) is 78.9 Å². The number of cyclic esters (lactones) is 4. The van der Waals surface area contributed by atoms with Crippen molar-refractivity contribution in [2.75, 3.05) is 6.79 Å². The Morgan fingerprint density at radius 2 is 1.34 bits per heavy atom. The Kier molecular flexibility index (Phi) is 7.95. The third kappa shape index (κ3) is 6.07. The fourth-order valence-corrected chi connectivity index (χ4v) is 6.51. The van der Waals surface area contributed by atoms with E-state index in [1.165, 1.54) is 0 Å². The topological polar surface area (TPSA) is 122 Å². The number of esters is 4. The summed E-state index contributed by atoms with van der Waals surface area (Å²) in [5.74, 6) is -4.29. The molecule has 2 fully saturated rings. The van der Waals surface area contributed by atoms with Crippen molar-refractivity contribution in [3.8, 4) is 22.6 Å². The summed E-state index contributed by atoms with van der Waals surface area (Å²) < 4.78 is 21.4. The van der Waals surface area contributed by atoms with Gasteiger partial charge in [0.2, 0.25) is 6.79 Å². The van der Waals surface area contributed by atoms with Gasteiger partial charge >= 0.3 is 23.9 Å². The molecule has 4 aromatic carbocycles. The first kappa shape index (κ1) is 29.9. The molecule has 2 saturated heterocycles. The van der Waals surface area contributed by atoms with Crippen molar-refractivity contribution < 1.29 is 42.9 Å². The molecule has 9 heteroatoms. The van der Waals surface area contributed by atoms with Crippen molar-refractivity contribution in [1.29, 1.82) is 0 Å². The minimum absolute atomic E-state index is 0.0514. The molecule has 0 saturated carbocycles. The molecule has 0 N–H and O–H groups in total. The standard InChI is InChI=1S/C38H28O9/c39-33(25-4-2-1-3-5-25)17-8-22-6-9-23(10-7-22)24-11-13-26(14-12-24)44-21-45-27-15-16-28-29(31-20-34(40)46-36(31)41)19-32-35(30(28)18-27)38(43)47-37(32)42/h1-18,29,31-32,35H,19-21H2/b17-8+. The monoisotopic (exact) mass is 628 g/mol. The van der Waals surface area contributed by atoms with Crippen LogP contribution in [0.2, 0.25) is 0 Å². The molecule has 0 amide bonds. The minimum Gasteiger partial charge on any atom is -0.458 e. The van der Waals surface area contributed by atoms with Crippen LogP contribution in [0.4, 0.5) is 0 Å². The highest BCUT2D eigenvalue weighted by Gasteiger charge is 2.53. The van der Waals surface area contributed by atoms with E-state index in [-0.39, 0.29) is 25.4 Å². The first-order chi connectivity index (χ1) is 22.8. The highest BCUT2D eigenvalue weighted by molar-refractivity contribution is 6.06. The van der Waals surface area contributed by atoms with E-state index in [1.54, 1.807) is 42.5 Å². The van der Waals surface area contributed by atoms with Crippen LogP contribution >= 0.6 is 0 Å². The van der Waals surface area contributed by atoms with Gasteiger partial charge in [0.15, 0.2) is 5.78 Å². The molecule has 4 atom stereocenters. The fraction of sp³-hybridized carbons (Fsp3) is 0.184. The number of hydrogen-bond donors (Lipinski definition) is 0. The molecule has 9 nitrogen and oxygen atoms in total. The van der Waals surface area contributed by atoms with Crippen LogP contribution < -0.4 is 9.47 Å². The van der Waals surface area contributed by atoms with E-state index in [9.17, 15) is 24.0 Å². The second-order valence-corrected chi connectivity index (χ2v) is 11.7. The van der Waals surface area contributed by atoms with Crippen molar-refractivity contribution in [1.82, 2.24) is 0 Å². The lowest BCUT2D eigenvalue weighted by Gasteiger charge is -2.33. The summed E-state index contributed by atoms with van der Waals surface area (Å²) in [4.78, 5) is 61.6. The van der Waals surface area contributed by atoms with E-state index >= 15 is 0 Å². The summed E-state index contributed by atoms with van der Waals surface area (Å²) in [7, 11) is 0. The van der Waals surface area contributed by atoms with Crippen LogP contribution in [0.1, 0.15) is 51.7 Å². The quantitative estimate of drug-likeness (QED) is 0.0719. The average molecular weight is 629 g/mol. The van der Waals surface area contributed by atoms with Crippen molar-refractivity contribution in [2.24, 2.45) is 11.8 Å². The molecular formula is C38H28O9. The van der Waals surface area contributed by atoms with Crippen molar-refractivity contribution in [3.05, 3.63) is 125 Å². The lowest BCUT2D eigenvalue weighted by molar-refractivity contribution is -0.155. The number of hydrogen-bond acceptors (Lipinski definition) is 9. The zero-order valence-electron chi connectivity index (χ0n) is 25.0. The van der Waals surface area contributed by atoms with E-state index in [4.69, 9.17) is 18.9 Å². The zero-order chi connectivity index (χ0) is 32.5. The van der Waals surface area contributed by atoms with Gasteiger partial charge in [-0.2, -0.15) is 0 Å². The molecule has 0 radical (unpaired) electrons. The first-order valence-corrected chi connectivity index (χ1v) is 15.2. The Morgan fingerprint density at radius 1 is 0.681 bits per heavy atom. The number of fused-ring (bicyclic) bond motifs is 3. The number of rotatable bonds is 9. The maximum absolute atomic E-state index is 12.6. The van der Waals surface area contributed by atoms with Gasteiger partial charge in [-0.15, -0.1) is 0 Å². The van der Waals surface area contributed by atoms with E-state index in [2.05, 4.69) is 0 Å². The van der Waals surface area contributed by atoms with Gasteiger partial charge in [0, 0.05) is 5.56 Å². The molecule has 4 unspecified atom stereocenters. The predicted octanol–water partition coefficient (Wildman–Crippen LogP) is 6.03. The number of carbonyl (C=O) groups excluding carboxylic acids is 5. The third-order valence-corrected chi connectivity index (χ3v) is 8.89. The second-order valence-electron chi connectivity index (χ2n) is 11.7. The normalized spacial score (nSPS) is 21.6. The maximum Gasteiger partial charge on any atom is 0.321 e. The van der Waals surface area contributed by atoms with Gasteiger partial charge in [0.25, 0.3) is 0 Å². The molecule has 0 bridgehead atoms. The summed E-state index contributed by atoms with van der Waals surface area (Å²) in [6.07, 6.45) is 3.50. The maximum atomic E-state index is 12.6. The second kappa shape index (κ2) is 12.5. The van der Waals surface area contributed by atoms with E-state index in [1.807, 2.05) is 66.7 Å². The van der Waals surface area contributed by atoms with Crippen LogP contribution in [0.3, 0.4) is 0 Å². The van der Waals surface area contributed by atoms with Crippen LogP contribution in [0.5, 0.6) is 11.5 Å². The van der Waals surface area contributed by atoms with Crippen molar-refractivity contribution >= 4 is 35.7 Å². The molecule has 2 heterocycles. The summed E-state index contributed by atoms with van der Waals surface area (Å²) in [6, 6.07) is 29.6. The zero-order valence-corrected chi connectivity index (χ0v) is 25.0. The Bertz CT molecular complexity index is 1910. The summed E-state index contributed by atoms with van der Waals surface area (Å²) in [5, 5.41) is 0. The lowest BCUT2D eigenvalue weighted by atomic mass is 9.67. The van der Waals surface area contributed by atoms with Crippen LogP contribution in [0.15, 0.2) is 103 Å². The predicted molar refractivity (Wildman–Crippen MR) is 168 cm³/mol. The van der Waals surface area contributed by atoms with Crippen LogP contribution in [-0.4, -0.2) is 36.5 Å². The van der Waals surface area contributed by atoms with Gasteiger partial charge < -0.3 is 18.9 Å². The minimum atomic E-state index is -0.805. The molecule has 0 aromatic heterocycles. The summed E-state index contributed by atoms with van der Waals surface area (Å²) in [6.45, 7) is -0.120. The Hall–Kier alpha value is -5.83. The van der Waals surface area contributed by atoms with E-state index < -0.39 is 47.5 Å². The van der Waals surface area contributed by atoms with Gasteiger partial charge in [-0.25, -0.2) is 0 Å². The number of ketones is 1. The van der Waals surface area contributed by atoms with Gasteiger partial charge in [-0.3, -0.25) is 24.0 Å². The Labute approximate surface area is 269 Å². The fourth-order valence-electron chi connectivity index (χ4n) is 6.51. The molecule has 47 heavy (non-hydrogen) atoms. The first-order valence-electron chi connectivity index (χ1n) is 15.2. The lowest BCUT2D eigenvalue weighted by Crippen LogP contribution is -2.31. The van der Waals surface area contributed by atoms with Crippen LogP contribution in [-0.2, 0) is 28.7 Å². The van der Waals surface area contributed by atoms with E-state index in [0.717, 1.165) is 16.7 Å². The largest absolute Gasteiger partial charge is 0.458 e.